The lowest BCUT2D eigenvalue weighted by Crippen LogP contribution is -2.25. The van der Waals surface area contributed by atoms with E-state index in [1.54, 1.807) is 24.6 Å². The topological polar surface area (TPSA) is 53.2 Å². The van der Waals surface area contributed by atoms with E-state index >= 15 is 0 Å². The van der Waals surface area contributed by atoms with E-state index in [0.29, 0.717) is 10.8 Å². The van der Waals surface area contributed by atoms with Crippen molar-refractivity contribution in [3.63, 3.8) is 0 Å². The molecule has 0 amide bonds. The number of fused-ring (bicyclic) bond motifs is 1. The van der Waals surface area contributed by atoms with E-state index < -0.39 is 10.0 Å². The van der Waals surface area contributed by atoms with Gasteiger partial charge in [-0.15, -0.1) is 11.3 Å². The van der Waals surface area contributed by atoms with Crippen LogP contribution in [0.15, 0.2) is 52.2 Å². The maximum atomic E-state index is 12.4. The van der Waals surface area contributed by atoms with E-state index in [9.17, 15) is 8.42 Å². The molecule has 0 aliphatic heterocycles. The lowest BCUT2D eigenvalue weighted by atomic mass is 10.2. The Morgan fingerprint density at radius 3 is 2.75 bits per heavy atom. The first kappa shape index (κ1) is 13.4. The summed E-state index contributed by atoms with van der Waals surface area (Å²) in [4.78, 5) is 3.16. The predicted molar refractivity (Wildman–Crippen MR) is 81.3 cm³/mol. The van der Waals surface area contributed by atoms with Crippen molar-refractivity contribution in [2.45, 2.75) is 10.8 Å². The highest BCUT2D eigenvalue weighted by Gasteiger charge is 2.22. The highest BCUT2D eigenvalue weighted by Crippen LogP contribution is 2.24. The lowest BCUT2D eigenvalue weighted by Gasteiger charge is -2.15. The Hall–Kier alpha value is -1.63. The van der Waals surface area contributed by atoms with Crippen LogP contribution in [0.25, 0.3) is 10.9 Å². The summed E-state index contributed by atoms with van der Waals surface area (Å²) in [5, 5.41) is 2.83. The van der Waals surface area contributed by atoms with Crippen molar-refractivity contribution in [1.82, 2.24) is 9.29 Å². The smallest absolute Gasteiger partial charge is 0.252 e. The van der Waals surface area contributed by atoms with Crippen LogP contribution in [0.2, 0.25) is 0 Å². The molecule has 20 heavy (non-hydrogen) atoms. The quantitative estimate of drug-likeness (QED) is 0.805. The molecule has 1 aromatic carbocycles. The molecule has 4 nitrogen and oxygen atoms in total. The van der Waals surface area contributed by atoms with Crippen molar-refractivity contribution in [3.8, 4) is 0 Å². The largest absolute Gasteiger partial charge is 0.361 e. The molecule has 0 bridgehead atoms. The van der Waals surface area contributed by atoms with Gasteiger partial charge in [-0.3, -0.25) is 0 Å². The first-order valence-electron chi connectivity index (χ1n) is 6.14. The molecule has 2 aromatic heterocycles. The van der Waals surface area contributed by atoms with Gasteiger partial charge in [-0.1, -0.05) is 24.3 Å². The van der Waals surface area contributed by atoms with Gasteiger partial charge >= 0.3 is 0 Å². The maximum absolute atomic E-state index is 12.4. The Balaban J connectivity index is 1.91. The predicted octanol–water partition coefficient (Wildman–Crippen LogP) is 3.05. The van der Waals surface area contributed by atoms with Crippen molar-refractivity contribution in [2.75, 3.05) is 7.05 Å². The number of sulfonamides is 1. The van der Waals surface area contributed by atoms with Gasteiger partial charge < -0.3 is 4.98 Å². The van der Waals surface area contributed by atoms with Crippen molar-refractivity contribution in [2.24, 2.45) is 0 Å². The fourth-order valence-corrected chi connectivity index (χ4v) is 4.50. The second-order valence-corrected chi connectivity index (χ2v) is 7.77. The number of nitrogens with one attached hydrogen (secondary N) is 1. The van der Waals surface area contributed by atoms with Crippen LogP contribution >= 0.6 is 11.3 Å². The van der Waals surface area contributed by atoms with Gasteiger partial charge in [0, 0.05) is 30.7 Å². The molecule has 3 rings (SSSR count). The van der Waals surface area contributed by atoms with Crippen molar-refractivity contribution >= 4 is 32.3 Å². The summed E-state index contributed by atoms with van der Waals surface area (Å²) in [6.45, 7) is 0.351. The molecular formula is C14H14N2O2S2. The summed E-state index contributed by atoms with van der Waals surface area (Å²) in [6.07, 6.45) is 1.87. The Morgan fingerprint density at radius 1 is 1.20 bits per heavy atom. The van der Waals surface area contributed by atoms with Crippen LogP contribution in [0.1, 0.15) is 5.56 Å². The zero-order chi connectivity index (χ0) is 14.2. The molecule has 1 N–H and O–H groups in total. The molecule has 3 aromatic rings. The molecule has 0 spiro atoms. The molecule has 0 atom stereocenters. The highest BCUT2D eigenvalue weighted by atomic mass is 32.2. The molecule has 0 fully saturated rings. The molecule has 6 heteroatoms. The van der Waals surface area contributed by atoms with Crippen molar-refractivity contribution in [3.05, 3.63) is 53.5 Å². The van der Waals surface area contributed by atoms with Crippen LogP contribution in [0.4, 0.5) is 0 Å². The highest BCUT2D eigenvalue weighted by molar-refractivity contribution is 7.91. The monoisotopic (exact) mass is 306 g/mol. The average Bonchev–Trinajstić information content (AvgIpc) is 3.09. The van der Waals surface area contributed by atoms with Crippen LogP contribution in [0.3, 0.4) is 0 Å². The Morgan fingerprint density at radius 2 is 2.00 bits per heavy atom. The van der Waals surface area contributed by atoms with Crippen LogP contribution in [-0.2, 0) is 16.6 Å². The summed E-state index contributed by atoms with van der Waals surface area (Å²) >= 11 is 1.24. The Labute approximate surface area is 121 Å². The number of H-pyrrole nitrogens is 1. The molecule has 0 saturated carbocycles. The summed E-state index contributed by atoms with van der Waals surface area (Å²) in [5.41, 5.74) is 1.99. The summed E-state index contributed by atoms with van der Waals surface area (Å²) < 4.78 is 26.5. The fourth-order valence-electron chi connectivity index (χ4n) is 2.15. The number of aromatic amines is 1. The first-order chi connectivity index (χ1) is 9.59. The fraction of sp³-hybridized carbons (Fsp3) is 0.143. The van der Waals surface area contributed by atoms with Crippen LogP contribution < -0.4 is 0 Å². The second-order valence-electron chi connectivity index (χ2n) is 4.55. The van der Waals surface area contributed by atoms with Gasteiger partial charge in [-0.05, 0) is 23.1 Å². The number of rotatable bonds is 4. The lowest BCUT2D eigenvalue weighted by molar-refractivity contribution is 0.470. The minimum Gasteiger partial charge on any atom is -0.361 e. The number of aromatic nitrogens is 1. The van der Waals surface area contributed by atoms with Gasteiger partial charge in [0.2, 0.25) is 0 Å². The third kappa shape index (κ3) is 2.26. The minimum absolute atomic E-state index is 0.351. The number of nitrogens with zero attached hydrogens (tertiary/aromatic N) is 1. The number of para-hydroxylation sites is 1. The standard InChI is InChI=1S/C14H14N2O2S2/c1-16(20(17,18)14-7-4-8-19-14)10-11-9-15-13-6-3-2-5-12(11)13/h2-9,15H,10H2,1H3. The van der Waals surface area contributed by atoms with Crippen LogP contribution in [0.5, 0.6) is 0 Å². The second kappa shape index (κ2) is 5.05. The number of thiophene rings is 1. The maximum Gasteiger partial charge on any atom is 0.252 e. The molecule has 0 saturated heterocycles. The molecule has 0 unspecified atom stereocenters. The molecule has 0 aliphatic carbocycles. The van der Waals surface area contributed by atoms with E-state index in [-0.39, 0.29) is 0 Å². The van der Waals surface area contributed by atoms with Gasteiger partial charge in [0.05, 0.1) is 0 Å². The molecular weight excluding hydrogens is 292 g/mol. The van der Waals surface area contributed by atoms with E-state index in [0.717, 1.165) is 16.5 Å². The number of benzene rings is 1. The number of hydrogen-bond acceptors (Lipinski definition) is 3. The zero-order valence-electron chi connectivity index (χ0n) is 10.9. The van der Waals surface area contributed by atoms with Gasteiger partial charge in [0.15, 0.2) is 0 Å². The average molecular weight is 306 g/mol. The summed E-state index contributed by atoms with van der Waals surface area (Å²) in [7, 11) is -1.79. The number of hydrogen-bond donors (Lipinski definition) is 1. The molecule has 104 valence electrons. The van der Waals surface area contributed by atoms with Crippen LogP contribution in [0, 0.1) is 0 Å². The van der Waals surface area contributed by atoms with E-state index in [1.165, 1.54) is 15.6 Å². The molecule has 2 heterocycles. The SMILES string of the molecule is CN(Cc1c[nH]c2ccccc12)S(=O)(=O)c1cccs1. The summed E-state index contributed by atoms with van der Waals surface area (Å²) in [6, 6.07) is 11.3. The summed E-state index contributed by atoms with van der Waals surface area (Å²) in [5.74, 6) is 0. The van der Waals surface area contributed by atoms with Crippen molar-refractivity contribution < 1.29 is 8.42 Å². The Kier molecular flexibility index (Phi) is 3.37. The normalized spacial score (nSPS) is 12.3. The van der Waals surface area contributed by atoms with Crippen LogP contribution in [-0.4, -0.2) is 24.8 Å². The van der Waals surface area contributed by atoms with Gasteiger partial charge in [-0.2, -0.15) is 4.31 Å². The van der Waals surface area contributed by atoms with Crippen molar-refractivity contribution in [1.29, 1.82) is 0 Å². The third-order valence-corrected chi connectivity index (χ3v) is 6.40. The Bertz CT molecular complexity index is 820. The van der Waals surface area contributed by atoms with Gasteiger partial charge in [0.1, 0.15) is 4.21 Å². The zero-order valence-corrected chi connectivity index (χ0v) is 12.5. The third-order valence-electron chi connectivity index (χ3n) is 3.23. The molecule has 0 radical (unpaired) electrons. The van der Waals surface area contributed by atoms with E-state index in [1.807, 2.05) is 30.5 Å². The first-order valence-corrected chi connectivity index (χ1v) is 8.46. The van der Waals surface area contributed by atoms with Gasteiger partial charge in [-0.25, -0.2) is 8.42 Å². The molecule has 0 aliphatic rings. The van der Waals surface area contributed by atoms with E-state index in [4.69, 9.17) is 0 Å². The minimum atomic E-state index is -3.40. The van der Waals surface area contributed by atoms with Gasteiger partial charge in [0.25, 0.3) is 10.0 Å². The van der Waals surface area contributed by atoms with E-state index in [2.05, 4.69) is 4.98 Å².